The monoisotopic (exact) mass is 1790 g/mol. The minimum absolute atomic E-state index is 0. The van der Waals surface area contributed by atoms with Crippen molar-refractivity contribution < 1.29 is 166 Å². The SMILES string of the molecule is CC#CC#CC#CC#CC#CC#CC#CC#CC#CC#CC#CC#CC(=O)O[C@@H](COC1OC(CO)C(O)C(O)C1O)[C@H](O)[C@H](O)CCCCCCC#CCCCCCC.CC#CC#CC#CC#CC#CC#CC#CC#CC#CC#CC#CC#CC(=O)O[C@@H](COC1OC2COC(C)(C)OC2C(O)C1O)[C@@H]1OC(C)(C)O[C@@H]1CCCCCCC#CCCCCCC.[HH].[HH].[HH].[HH].[HH].[HH].[HH].[HH].[HH].[HH].[HH].[HH].[HH].[HH].[HH].[HH].[HH].[HH].[HH].[HH].[HH].[HH].[HH].[HH].[HH].[HH].[HH].[HH].[HH].[HH].[HH].[HH].[HH].[HH].[HH].[HH].[HH].[HH].[HH].[HH].[HH].[HH].[HH].[HH].[HH].[HH].[HH].[HH]. The Hall–Kier alpha value is -13.1. The fourth-order valence-corrected chi connectivity index (χ4v) is 11.1. The average Bonchev–Trinajstić information content (AvgIpc) is 1.03. The number of hydrogen-bond donors (Lipinski definition) is 8. The molecule has 0 radical (unpaired) electrons. The largest absolute Gasteiger partial charge is 0.447 e. The molecule has 0 aliphatic carbocycles. The molecule has 20 nitrogen and oxygen atoms in total. The van der Waals surface area contributed by atoms with E-state index < -0.39 is 135 Å². The van der Waals surface area contributed by atoms with E-state index in [0.29, 0.717) is 12.8 Å². The predicted octanol–water partition coefficient (Wildman–Crippen LogP) is 17.0. The first kappa shape index (κ1) is 107. The van der Waals surface area contributed by atoms with E-state index in [1.165, 1.54) is 38.5 Å². The Labute approximate surface area is 817 Å². The normalized spacial score (nSPS) is 19.9. The summed E-state index contributed by atoms with van der Waals surface area (Å²) in [6, 6.07) is 0. The Morgan fingerprint density at radius 3 is 1.15 bits per heavy atom. The summed E-state index contributed by atoms with van der Waals surface area (Å²) in [5, 5.41) is 83.6. The number of rotatable bonds is 32. The van der Waals surface area contributed by atoms with E-state index in [0.717, 1.165) is 83.5 Å². The van der Waals surface area contributed by atoms with E-state index in [1.807, 2.05) is 0 Å². The van der Waals surface area contributed by atoms with Crippen LogP contribution in [0.1, 0.15) is 265 Å². The molecule has 0 bridgehead atoms. The molecule has 4 aliphatic rings. The van der Waals surface area contributed by atoms with Crippen molar-refractivity contribution in [2.24, 2.45) is 0 Å². The van der Waals surface area contributed by atoms with Crippen LogP contribution in [-0.4, -0.2) is 189 Å². The highest BCUT2D eigenvalue weighted by molar-refractivity contribution is 5.89. The second-order valence-electron chi connectivity index (χ2n) is 27.7. The Morgan fingerprint density at radius 1 is 0.389 bits per heavy atom. The molecule has 0 aromatic heterocycles. The van der Waals surface area contributed by atoms with Gasteiger partial charge in [0.1, 0.15) is 61.0 Å². The average molecular weight is 1790 g/mol. The van der Waals surface area contributed by atoms with Gasteiger partial charge in [-0.3, -0.25) is 0 Å². The van der Waals surface area contributed by atoms with Gasteiger partial charge in [-0.15, -0.1) is 23.7 Å². The number of aliphatic hydroxyl groups excluding tert-OH is 8. The Balaban J connectivity index is -0.0000000336. The molecule has 4 heterocycles. The highest BCUT2D eigenvalue weighted by Crippen LogP contribution is 2.36. The minimum atomic E-state index is -1.74. The van der Waals surface area contributed by atoms with E-state index in [-0.39, 0.29) is 88.1 Å². The van der Waals surface area contributed by atoms with E-state index in [2.05, 4.69) is 322 Å². The zero-order valence-corrected chi connectivity index (χ0v) is 72.1. The summed E-state index contributed by atoms with van der Waals surface area (Å²) in [5.74, 6) is 128. The molecule has 0 aromatic rings. The molecule has 0 aromatic carbocycles. The van der Waals surface area contributed by atoms with Crippen LogP contribution in [0.2, 0.25) is 0 Å². The lowest BCUT2D eigenvalue weighted by atomic mass is 9.97. The Bertz CT molecular complexity index is 5590. The lowest BCUT2D eigenvalue weighted by molar-refractivity contribution is -0.383. The number of hydrogen-bond acceptors (Lipinski definition) is 20. The molecule has 4 fully saturated rings. The lowest BCUT2D eigenvalue weighted by Gasteiger charge is -2.48. The number of ether oxygens (including phenoxy) is 10. The third-order valence-electron chi connectivity index (χ3n) is 17.1. The standard InChI is InChI=1S/C56H54O10.C50H46O10.48H2/c1-7-9-11-13-15-17-19-21-22-23-24-25-26-27-28-29-30-31-33-35-37-39-41-43-49(57)62-47(44-60-54-51(59)50(58)53-48(63-54)45-61-55(3,4)66-53)52-46(64-56(5,6)65-52)42-40-38-36-34-32-20-18-16-14-12-10-8-2;1-3-5-7-9-11-13-15-17-18-19-20-21-22-23-24-25-26-27-29-31-33-35-37-39-45(53)59-44(41-58-50-49(57)48(56)47(55)43(40-51)60-50)46(54)42(52)38-36-34-32-30-28-16-14-12-10-8-6-4-2;;;;;;;;;;;;;;;;;;;;;;;;;;;;;;;;;;;;;;;;;;;;;;;;/h46-48,50-54,58-59H,8,10,12,14,16,32,34,36,38,40,42,44-45H2,1-6H3;42-44,46-52,54-57H,4,6,8,10,12,28,30,32,34,36,38,40-41H2,1-2H3;48*1H/t46-,47+,48?,50?,51?,52-,53?,54?;42-,43?,44+,46-,47?,48?,49?,50?;;;;;;;;;;;;;;;;;;;;;;;;;;;;;;;;;;;;;;;;;;;;;;;;/m11................................................/s1. The van der Waals surface area contributed by atoms with Gasteiger partial charge in [-0.1, -0.05) is 103 Å². The van der Waals surface area contributed by atoms with E-state index >= 15 is 0 Å². The molecule has 10 unspecified atom stereocenters. The third kappa shape index (κ3) is 51.1. The molecule has 4 saturated heterocycles. The lowest BCUT2D eigenvalue weighted by Crippen LogP contribution is -2.65. The van der Waals surface area contributed by atoms with Crippen molar-refractivity contribution >= 4 is 11.9 Å². The molecule has 0 amide bonds. The summed E-state index contributed by atoms with van der Waals surface area (Å²) in [7, 11) is 0. The summed E-state index contributed by atoms with van der Waals surface area (Å²) < 4.78 is 58.0. The van der Waals surface area contributed by atoms with Gasteiger partial charge in [0, 0.05) is 177 Å². The molecular formula is C106H196O20. The van der Waals surface area contributed by atoms with Crippen LogP contribution in [0.3, 0.4) is 0 Å². The topological polar surface area (TPSA) is 288 Å². The number of aliphatic hydroxyl groups is 8. The molecule has 4 aliphatic heterocycles. The second-order valence-corrected chi connectivity index (χ2v) is 27.7. The van der Waals surface area contributed by atoms with Crippen LogP contribution in [0.5, 0.6) is 0 Å². The van der Waals surface area contributed by atoms with Crippen molar-refractivity contribution in [3.63, 3.8) is 0 Å². The molecule has 4 rings (SSSR count). The second kappa shape index (κ2) is 69.3. The van der Waals surface area contributed by atoms with Gasteiger partial charge in [0.25, 0.3) is 0 Å². The van der Waals surface area contributed by atoms with Crippen LogP contribution in [0.4, 0.5) is 0 Å². The third-order valence-corrected chi connectivity index (χ3v) is 17.1. The van der Waals surface area contributed by atoms with Crippen molar-refractivity contribution in [1.82, 2.24) is 0 Å². The van der Waals surface area contributed by atoms with Crippen molar-refractivity contribution in [3.05, 3.63) is 0 Å². The maximum absolute atomic E-state index is 13.1. The van der Waals surface area contributed by atoms with E-state index in [1.54, 1.807) is 41.5 Å². The van der Waals surface area contributed by atoms with Crippen molar-refractivity contribution in [3.8, 4) is 308 Å². The summed E-state index contributed by atoms with van der Waals surface area (Å²) in [4.78, 5) is 25.6. The highest BCUT2D eigenvalue weighted by Gasteiger charge is 2.52. The van der Waals surface area contributed by atoms with E-state index in [4.69, 9.17) is 47.4 Å². The zero-order valence-electron chi connectivity index (χ0n) is 72.1. The molecule has 740 valence electrons. The number of carbonyl (C=O) groups excluding carboxylic acids is 2. The number of unbranched alkanes of at least 4 members (excludes halogenated alkanes) is 16. The minimum Gasteiger partial charge on any atom is -0.447 e. The van der Waals surface area contributed by atoms with Gasteiger partial charge in [-0.05, 0) is 270 Å². The number of carbonyl (C=O) groups is 2. The van der Waals surface area contributed by atoms with Gasteiger partial charge in [0.05, 0.1) is 38.6 Å². The van der Waals surface area contributed by atoms with Crippen LogP contribution in [0.25, 0.3) is 0 Å². The van der Waals surface area contributed by atoms with E-state index in [9.17, 15) is 50.4 Å². The zero-order chi connectivity index (χ0) is 91.6. The quantitative estimate of drug-likeness (QED) is 0.0134. The highest BCUT2D eigenvalue weighted by atomic mass is 16.8. The first-order chi connectivity index (χ1) is 61.2. The fraction of sp³-hybridized carbons (Fsp3) is 0.491. The molecule has 16 atom stereocenters. The fourth-order valence-electron chi connectivity index (χ4n) is 11.1. The molecule has 0 spiro atoms. The van der Waals surface area contributed by atoms with Crippen molar-refractivity contribution in [2.45, 2.75) is 306 Å². The van der Waals surface area contributed by atoms with Crippen LogP contribution in [-0.2, 0) is 57.0 Å². The molecule has 126 heavy (non-hydrogen) atoms. The summed E-state index contributed by atoms with van der Waals surface area (Å²) in [5.41, 5.74) is 0. The smallest absolute Gasteiger partial charge is 0.385 e. The maximum atomic E-state index is 13.1. The molecule has 0 saturated carbocycles. The van der Waals surface area contributed by atoms with Crippen molar-refractivity contribution in [2.75, 3.05) is 26.4 Å². The first-order valence-electron chi connectivity index (χ1n) is 41.0. The summed E-state index contributed by atoms with van der Waals surface area (Å²) in [6.45, 7) is 13.2. The van der Waals surface area contributed by atoms with Crippen molar-refractivity contribution in [1.29, 1.82) is 0 Å². The predicted molar refractivity (Wildman–Crippen MR) is 575 cm³/mol. The molecular weight excluding hydrogens is 1590 g/mol. The Kier molecular flexibility index (Phi) is 58.9. The van der Waals surface area contributed by atoms with Gasteiger partial charge in [-0.25, -0.2) is 9.59 Å². The summed E-state index contributed by atoms with van der Waals surface area (Å²) in [6.07, 6.45) is 0.681. The number of fused-ring (bicyclic) bond motifs is 1. The molecule has 8 N–H and O–H groups in total. The van der Waals surface area contributed by atoms with Gasteiger partial charge in [0.2, 0.25) is 0 Å². The van der Waals surface area contributed by atoms with Crippen LogP contribution < -0.4 is 0 Å². The Morgan fingerprint density at radius 2 is 0.746 bits per heavy atom. The van der Waals surface area contributed by atoms with Gasteiger partial charge >= 0.3 is 11.9 Å². The van der Waals surface area contributed by atoms with Crippen LogP contribution in [0.15, 0.2) is 0 Å². The van der Waals surface area contributed by atoms with Crippen LogP contribution in [0, 0.1) is 308 Å². The summed E-state index contributed by atoms with van der Waals surface area (Å²) >= 11 is 0. The van der Waals surface area contributed by atoms with Crippen LogP contribution >= 0.6 is 0 Å². The number of esters is 2. The maximum Gasteiger partial charge on any atom is 0.385 e. The van der Waals surface area contributed by atoms with Gasteiger partial charge in [-0.2, -0.15) is 0 Å². The first-order valence-corrected chi connectivity index (χ1v) is 41.0. The van der Waals surface area contributed by atoms with Gasteiger partial charge in [0.15, 0.2) is 36.4 Å². The van der Waals surface area contributed by atoms with Gasteiger partial charge < -0.3 is 88.2 Å². The molecule has 20 heteroatoms.